The molecule has 0 spiro atoms. The van der Waals surface area contributed by atoms with Crippen LogP contribution in [-0.4, -0.2) is 11.1 Å². The van der Waals surface area contributed by atoms with E-state index in [0.717, 1.165) is 0 Å². The first kappa shape index (κ1) is 9.18. The van der Waals surface area contributed by atoms with Gasteiger partial charge in [0.2, 0.25) is 0 Å². The summed E-state index contributed by atoms with van der Waals surface area (Å²) in [4.78, 5) is 8.89. The summed E-state index contributed by atoms with van der Waals surface area (Å²) < 4.78 is 0. The van der Waals surface area contributed by atoms with E-state index in [0.29, 0.717) is 0 Å². The van der Waals surface area contributed by atoms with Gasteiger partial charge in [-0.05, 0) is 0 Å². The van der Waals surface area contributed by atoms with Crippen LogP contribution in [0.1, 0.15) is 0 Å². The maximum atomic E-state index is 8.89. The molecule has 0 saturated carbocycles. The van der Waals surface area contributed by atoms with Crippen molar-refractivity contribution in [3.05, 3.63) is 6.92 Å². The molecule has 0 aliphatic carbocycles. The fourth-order valence-corrected chi connectivity index (χ4v) is 0. The molecule has 0 aliphatic rings. The van der Waals surface area contributed by atoms with Crippen molar-refractivity contribution in [2.24, 2.45) is 0 Å². The maximum Gasteiger partial charge on any atom is 0.161 e. The van der Waals surface area contributed by atoms with Gasteiger partial charge < -0.3 is 5.11 Å². The minimum absolute atomic E-state index is 0. The maximum absolute atomic E-state index is 8.89. The van der Waals surface area contributed by atoms with Crippen LogP contribution < -0.4 is 0 Å². The van der Waals surface area contributed by atoms with Crippen molar-refractivity contribution in [3.8, 4) is 0 Å². The third kappa shape index (κ3) is 75.0. The topological polar surface area (TPSA) is 37.3 Å². The molecule has 2 nitrogen and oxygen atoms in total. The number of carboxylic acids is 1. The average Bonchev–Trinajstić information content (AvgIpc) is 0.811. The second-order valence-electron chi connectivity index (χ2n) is 0.394. The van der Waals surface area contributed by atoms with E-state index >= 15 is 0 Å². The Morgan fingerprint density at radius 1 is 1.80 bits per heavy atom. The number of hydrogen-bond donors (Lipinski definition) is 1. The minimum atomic E-state index is -1.08. The fourth-order valence-electron chi connectivity index (χ4n) is 0. The molecule has 0 rings (SSSR count). The Labute approximate surface area is 62.2 Å². The molecule has 0 aromatic heterocycles. The second kappa shape index (κ2) is 4.66. The number of carboxylic acid groups (broad SMARTS) is 1. The number of hydrogen-bond acceptors (Lipinski definition) is 1. The largest absolute Gasteiger partial charge is 0.503 e. The molecular weight excluding hydrogens is 213 g/mol. The van der Waals surface area contributed by atoms with Gasteiger partial charge in [0.25, 0.3) is 0 Å². The normalized spacial score (nSPS) is 4.80. The molecule has 32 valence electrons. The molecule has 0 amide bonds. The molecule has 0 unspecified atom stereocenters. The number of carbonyl (C=O) groups is 1. The zero-order valence-corrected chi connectivity index (χ0v) is 4.68. The summed E-state index contributed by atoms with van der Waals surface area (Å²) in [6.07, 6.45) is 0. The van der Waals surface area contributed by atoms with Gasteiger partial charge in [-0.25, -0.2) is 0 Å². The van der Waals surface area contributed by atoms with Gasteiger partial charge in [0.05, 0.1) is 0 Å². The summed E-state index contributed by atoms with van der Waals surface area (Å²) >= 11 is 0. The van der Waals surface area contributed by atoms with Gasteiger partial charge in [-0.1, -0.05) is 0 Å². The Morgan fingerprint density at radius 2 is 1.80 bits per heavy atom. The molecule has 0 aromatic carbocycles. The Bertz CT molecular complexity index is 30.6. The van der Waals surface area contributed by atoms with Crippen LogP contribution in [-0.2, 0) is 4.79 Å². The Balaban J connectivity index is 0. The van der Waals surface area contributed by atoms with E-state index in [9.17, 15) is 0 Å². The third-order valence-corrected chi connectivity index (χ3v) is 0. The summed E-state index contributed by atoms with van der Waals surface area (Å²) in [5.41, 5.74) is 0. The van der Waals surface area contributed by atoms with E-state index in [4.69, 9.17) is 9.90 Å². The van der Waals surface area contributed by atoms with Crippen molar-refractivity contribution in [2.45, 2.75) is 0 Å². The predicted octanol–water partition coefficient (Wildman–Crippen LogP) is -0.0949. The molecule has 0 aliphatic heterocycles. The minimum Gasteiger partial charge on any atom is -0.503 e. The van der Waals surface area contributed by atoms with Crippen LogP contribution in [0.4, 0.5) is 0 Å². The molecule has 0 aromatic rings. The van der Waals surface area contributed by atoms with Gasteiger partial charge in [-0.15, -0.1) is 0 Å². The third-order valence-electron chi connectivity index (χ3n) is 0. The first-order chi connectivity index (χ1) is 1.73. The SMILES string of the molecule is [CH2-]C(=O)O.[Gd]. The van der Waals surface area contributed by atoms with Crippen molar-refractivity contribution in [1.82, 2.24) is 0 Å². The van der Waals surface area contributed by atoms with E-state index in [1.807, 2.05) is 0 Å². The zero-order valence-electron chi connectivity index (χ0n) is 2.42. The molecule has 0 heterocycles. The van der Waals surface area contributed by atoms with Crippen LogP contribution in [0.15, 0.2) is 0 Å². The Kier molecular flexibility index (Phi) is 8.56. The Hall–Kier alpha value is 0.665. The second-order valence-corrected chi connectivity index (χ2v) is 0.394. The van der Waals surface area contributed by atoms with Crippen LogP contribution in [0.2, 0.25) is 0 Å². The molecule has 1 N–H and O–H groups in total. The quantitative estimate of drug-likeness (QED) is 0.574. The van der Waals surface area contributed by atoms with Gasteiger partial charge >= 0.3 is 0 Å². The number of rotatable bonds is 0. The van der Waals surface area contributed by atoms with Gasteiger partial charge in [0.15, 0.2) is 5.97 Å². The fraction of sp³-hybridized carbons (Fsp3) is 0. The zero-order chi connectivity index (χ0) is 3.58. The molecule has 0 bridgehead atoms. The average molecular weight is 216 g/mol. The van der Waals surface area contributed by atoms with Crippen molar-refractivity contribution in [1.29, 1.82) is 0 Å². The van der Waals surface area contributed by atoms with E-state index in [-0.39, 0.29) is 39.9 Å². The molecular formula is C2H3GdO2-. The predicted molar refractivity (Wildman–Crippen MR) is 13.0 cm³/mol. The Morgan fingerprint density at radius 3 is 1.80 bits per heavy atom. The van der Waals surface area contributed by atoms with Crippen LogP contribution in [0.25, 0.3) is 0 Å². The summed E-state index contributed by atoms with van der Waals surface area (Å²) in [6, 6.07) is 0. The van der Waals surface area contributed by atoms with Gasteiger partial charge in [0, 0.05) is 39.9 Å². The van der Waals surface area contributed by atoms with E-state index in [1.54, 1.807) is 0 Å². The first-order valence-electron chi connectivity index (χ1n) is 0.781. The van der Waals surface area contributed by atoms with Crippen molar-refractivity contribution in [2.75, 3.05) is 0 Å². The van der Waals surface area contributed by atoms with E-state index < -0.39 is 5.97 Å². The van der Waals surface area contributed by atoms with Crippen molar-refractivity contribution in [3.63, 3.8) is 0 Å². The van der Waals surface area contributed by atoms with Crippen LogP contribution in [0.3, 0.4) is 0 Å². The van der Waals surface area contributed by atoms with E-state index in [2.05, 4.69) is 6.92 Å². The standard InChI is InChI=1S/C2H3O2.Gd/c1-2(3)4;/h1H2,(H,3,4);/q-1;. The summed E-state index contributed by atoms with van der Waals surface area (Å²) in [7, 11) is 0. The van der Waals surface area contributed by atoms with Crippen LogP contribution in [0.5, 0.6) is 0 Å². The molecule has 0 saturated heterocycles. The number of aliphatic carboxylic acids is 1. The van der Waals surface area contributed by atoms with Crippen LogP contribution >= 0.6 is 0 Å². The molecule has 0 radical (unpaired) electrons. The molecule has 5 heavy (non-hydrogen) atoms. The van der Waals surface area contributed by atoms with E-state index in [1.165, 1.54) is 0 Å². The van der Waals surface area contributed by atoms with Gasteiger partial charge in [-0.2, -0.15) is 0 Å². The van der Waals surface area contributed by atoms with Gasteiger partial charge in [-0.3, -0.25) is 11.7 Å². The molecule has 0 atom stereocenters. The molecule has 0 fully saturated rings. The first-order valence-corrected chi connectivity index (χ1v) is 0.781. The van der Waals surface area contributed by atoms with Crippen molar-refractivity contribution < 1.29 is 49.8 Å². The summed E-state index contributed by atoms with van der Waals surface area (Å²) in [6.45, 7) is 2.56. The molecule has 3 heteroatoms. The monoisotopic (exact) mass is 217 g/mol. The summed E-state index contributed by atoms with van der Waals surface area (Å²) in [5, 5.41) is 7.31. The smallest absolute Gasteiger partial charge is 0.161 e. The van der Waals surface area contributed by atoms with Crippen LogP contribution in [0, 0.1) is 46.9 Å². The van der Waals surface area contributed by atoms with Gasteiger partial charge in [0.1, 0.15) is 0 Å². The van der Waals surface area contributed by atoms with Crippen molar-refractivity contribution >= 4 is 5.97 Å². The summed E-state index contributed by atoms with van der Waals surface area (Å²) in [5.74, 6) is -1.08.